The van der Waals surface area contributed by atoms with Crippen molar-refractivity contribution in [3.63, 3.8) is 0 Å². The van der Waals surface area contributed by atoms with E-state index < -0.39 is 0 Å². The Kier molecular flexibility index (Phi) is 13.1. The Morgan fingerprint density at radius 1 is 1.17 bits per heavy atom. The topological polar surface area (TPSA) is 48.9 Å². The summed E-state index contributed by atoms with van der Waals surface area (Å²) in [6.07, 6.45) is 1.07. The standard InChI is InChI=1S/C17H30N4O.HI/c1-15-6-8-16(9-7-15)14-20-17(18-2)19-10-5-11-21(3)12-13-22-4;/h6-9H,5,10-14H2,1-4H3,(H2,18,19,20);1H. The van der Waals surface area contributed by atoms with Crippen molar-refractivity contribution in [2.75, 3.05) is 47.4 Å². The molecule has 0 aliphatic rings. The first-order valence-corrected chi connectivity index (χ1v) is 7.83. The number of rotatable bonds is 9. The SMILES string of the molecule is CN=C(NCCCN(C)CCOC)NCc1ccc(C)cc1.I. The van der Waals surface area contributed by atoms with Crippen LogP contribution in [0.25, 0.3) is 0 Å². The van der Waals surface area contributed by atoms with E-state index in [9.17, 15) is 0 Å². The summed E-state index contributed by atoms with van der Waals surface area (Å²) in [5, 5.41) is 6.68. The molecule has 0 bridgehead atoms. The van der Waals surface area contributed by atoms with Crippen LogP contribution in [0.1, 0.15) is 17.5 Å². The van der Waals surface area contributed by atoms with Gasteiger partial charge in [0.15, 0.2) is 5.96 Å². The highest BCUT2D eigenvalue weighted by atomic mass is 127. The van der Waals surface area contributed by atoms with Gasteiger partial charge in [-0.1, -0.05) is 29.8 Å². The lowest BCUT2D eigenvalue weighted by atomic mass is 10.1. The highest BCUT2D eigenvalue weighted by Crippen LogP contribution is 2.02. The summed E-state index contributed by atoms with van der Waals surface area (Å²) in [6, 6.07) is 8.53. The largest absolute Gasteiger partial charge is 0.383 e. The van der Waals surface area contributed by atoms with Gasteiger partial charge >= 0.3 is 0 Å². The molecule has 0 saturated heterocycles. The van der Waals surface area contributed by atoms with Crippen LogP contribution < -0.4 is 10.6 Å². The van der Waals surface area contributed by atoms with Crippen molar-refractivity contribution >= 4 is 29.9 Å². The third-order valence-corrected chi connectivity index (χ3v) is 3.49. The number of nitrogens with zero attached hydrogens (tertiary/aromatic N) is 2. The number of aryl methyl sites for hydroxylation is 1. The third kappa shape index (κ3) is 10.5. The van der Waals surface area contributed by atoms with E-state index in [0.717, 1.165) is 45.2 Å². The van der Waals surface area contributed by atoms with Crippen LogP contribution in [0.5, 0.6) is 0 Å². The zero-order valence-electron chi connectivity index (χ0n) is 14.8. The van der Waals surface area contributed by atoms with E-state index in [4.69, 9.17) is 4.74 Å². The van der Waals surface area contributed by atoms with E-state index in [0.29, 0.717) is 0 Å². The average Bonchev–Trinajstić information content (AvgIpc) is 2.53. The van der Waals surface area contributed by atoms with Crippen molar-refractivity contribution in [2.24, 2.45) is 4.99 Å². The fourth-order valence-electron chi connectivity index (χ4n) is 2.03. The maximum atomic E-state index is 5.07. The first-order valence-electron chi connectivity index (χ1n) is 7.83. The van der Waals surface area contributed by atoms with E-state index in [1.54, 1.807) is 14.2 Å². The van der Waals surface area contributed by atoms with Gasteiger partial charge in [0.2, 0.25) is 0 Å². The molecule has 0 heterocycles. The summed E-state index contributed by atoms with van der Waals surface area (Å²) >= 11 is 0. The van der Waals surface area contributed by atoms with Gasteiger partial charge in [0.25, 0.3) is 0 Å². The number of hydrogen-bond donors (Lipinski definition) is 2. The molecule has 0 unspecified atom stereocenters. The number of likely N-dealkylation sites (N-methyl/N-ethyl adjacent to an activating group) is 1. The van der Waals surface area contributed by atoms with Crippen LogP contribution >= 0.6 is 24.0 Å². The minimum atomic E-state index is 0. The summed E-state index contributed by atoms with van der Waals surface area (Å²) in [4.78, 5) is 6.52. The minimum Gasteiger partial charge on any atom is -0.383 e. The Morgan fingerprint density at radius 3 is 2.48 bits per heavy atom. The molecule has 5 nitrogen and oxygen atoms in total. The van der Waals surface area contributed by atoms with Crippen LogP contribution in [0.2, 0.25) is 0 Å². The molecule has 2 N–H and O–H groups in total. The quantitative estimate of drug-likeness (QED) is 0.271. The molecule has 1 rings (SSSR count). The van der Waals surface area contributed by atoms with Crippen molar-refractivity contribution < 1.29 is 4.74 Å². The maximum absolute atomic E-state index is 5.07. The van der Waals surface area contributed by atoms with Gasteiger partial charge in [0, 0.05) is 33.8 Å². The van der Waals surface area contributed by atoms with Gasteiger partial charge in [-0.15, -0.1) is 24.0 Å². The summed E-state index contributed by atoms with van der Waals surface area (Å²) < 4.78 is 5.07. The number of methoxy groups -OCH3 is 1. The predicted octanol–water partition coefficient (Wildman–Crippen LogP) is 2.25. The van der Waals surface area contributed by atoms with Crippen LogP contribution in [0.15, 0.2) is 29.3 Å². The molecule has 0 saturated carbocycles. The van der Waals surface area contributed by atoms with E-state index in [1.165, 1.54) is 11.1 Å². The molecule has 0 fully saturated rings. The first-order chi connectivity index (χ1) is 10.7. The van der Waals surface area contributed by atoms with Gasteiger partial charge < -0.3 is 20.3 Å². The average molecular weight is 434 g/mol. The lowest BCUT2D eigenvalue weighted by molar-refractivity contribution is 0.161. The second-order valence-corrected chi connectivity index (χ2v) is 5.49. The fourth-order valence-corrected chi connectivity index (χ4v) is 2.03. The zero-order chi connectivity index (χ0) is 16.2. The van der Waals surface area contributed by atoms with Crippen molar-refractivity contribution in [1.29, 1.82) is 0 Å². The van der Waals surface area contributed by atoms with Crippen molar-refractivity contribution in [3.05, 3.63) is 35.4 Å². The molecule has 23 heavy (non-hydrogen) atoms. The molecule has 0 amide bonds. The lowest BCUT2D eigenvalue weighted by Crippen LogP contribution is -2.38. The Morgan fingerprint density at radius 2 is 1.87 bits per heavy atom. The molecule has 6 heteroatoms. The monoisotopic (exact) mass is 434 g/mol. The van der Waals surface area contributed by atoms with Gasteiger partial charge in [-0.25, -0.2) is 0 Å². The molecule has 0 aromatic heterocycles. The summed E-state index contributed by atoms with van der Waals surface area (Å²) in [6.45, 7) is 6.59. The van der Waals surface area contributed by atoms with Crippen LogP contribution in [-0.2, 0) is 11.3 Å². The number of hydrogen-bond acceptors (Lipinski definition) is 3. The molecule has 1 aromatic carbocycles. The number of benzene rings is 1. The number of ether oxygens (including phenoxy) is 1. The van der Waals surface area contributed by atoms with Gasteiger partial charge in [-0.05, 0) is 32.5 Å². The van der Waals surface area contributed by atoms with Crippen LogP contribution in [-0.4, -0.2) is 58.3 Å². The molecule has 132 valence electrons. The Balaban J connectivity index is 0.00000484. The number of halogens is 1. The number of guanidine groups is 1. The maximum Gasteiger partial charge on any atom is 0.191 e. The second kappa shape index (κ2) is 13.6. The molecule has 0 spiro atoms. The summed E-state index contributed by atoms with van der Waals surface area (Å²) in [7, 11) is 5.65. The Labute approximate surface area is 157 Å². The first kappa shape index (κ1) is 22.1. The van der Waals surface area contributed by atoms with Crippen molar-refractivity contribution in [3.8, 4) is 0 Å². The third-order valence-electron chi connectivity index (χ3n) is 3.49. The normalized spacial score (nSPS) is 11.3. The van der Waals surface area contributed by atoms with Crippen LogP contribution in [0.4, 0.5) is 0 Å². The lowest BCUT2D eigenvalue weighted by Gasteiger charge is -2.17. The van der Waals surface area contributed by atoms with E-state index in [1.807, 2.05) is 0 Å². The highest BCUT2D eigenvalue weighted by Gasteiger charge is 2.00. The second-order valence-electron chi connectivity index (χ2n) is 5.49. The van der Waals surface area contributed by atoms with Gasteiger partial charge in [0.1, 0.15) is 0 Å². The van der Waals surface area contributed by atoms with Gasteiger partial charge in [-0.3, -0.25) is 4.99 Å². The predicted molar refractivity (Wildman–Crippen MR) is 109 cm³/mol. The molecule has 0 aliphatic carbocycles. The van der Waals surface area contributed by atoms with Gasteiger partial charge in [0.05, 0.1) is 6.61 Å². The van der Waals surface area contributed by atoms with Gasteiger partial charge in [-0.2, -0.15) is 0 Å². The number of aliphatic imine (C=N–C) groups is 1. The zero-order valence-corrected chi connectivity index (χ0v) is 17.1. The Hall–Kier alpha value is -0.860. The summed E-state index contributed by atoms with van der Waals surface area (Å²) in [5.74, 6) is 0.847. The fraction of sp³-hybridized carbons (Fsp3) is 0.588. The van der Waals surface area contributed by atoms with Crippen LogP contribution in [0.3, 0.4) is 0 Å². The molecular weight excluding hydrogens is 403 g/mol. The number of nitrogens with one attached hydrogen (secondary N) is 2. The van der Waals surface area contributed by atoms with E-state index >= 15 is 0 Å². The summed E-state index contributed by atoms with van der Waals surface area (Å²) in [5.41, 5.74) is 2.54. The van der Waals surface area contributed by atoms with Crippen LogP contribution in [0, 0.1) is 6.92 Å². The van der Waals surface area contributed by atoms with Crippen molar-refractivity contribution in [2.45, 2.75) is 19.9 Å². The smallest absolute Gasteiger partial charge is 0.191 e. The van der Waals surface area contributed by atoms with E-state index in [2.05, 4.69) is 58.8 Å². The minimum absolute atomic E-state index is 0. The molecular formula is C17H31IN4O. The Bertz CT molecular complexity index is 437. The molecule has 1 aromatic rings. The molecule has 0 aliphatic heterocycles. The van der Waals surface area contributed by atoms with Crippen molar-refractivity contribution in [1.82, 2.24) is 15.5 Å². The highest BCUT2D eigenvalue weighted by molar-refractivity contribution is 14.0. The molecule has 0 atom stereocenters. The van der Waals surface area contributed by atoms with E-state index in [-0.39, 0.29) is 24.0 Å². The molecule has 0 radical (unpaired) electrons.